The van der Waals surface area contributed by atoms with Crippen LogP contribution in [0.1, 0.15) is 51.2 Å². The Hall–Kier alpha value is -2.59. The van der Waals surface area contributed by atoms with Crippen LogP contribution in [-0.2, 0) is 9.59 Å². The number of nitrogens with zero attached hydrogens (tertiary/aromatic N) is 2. The molecule has 4 nitrogen and oxygen atoms in total. The third-order valence-electron chi connectivity index (χ3n) is 6.20. The van der Waals surface area contributed by atoms with Crippen LogP contribution < -0.4 is 4.90 Å². The molecule has 162 valence electrons. The quantitative estimate of drug-likeness (QED) is 0.575. The van der Waals surface area contributed by atoms with Gasteiger partial charge in [0.1, 0.15) is 5.70 Å². The average Bonchev–Trinajstić information content (AvgIpc) is 2.98. The molecule has 0 N–H and O–H groups in total. The summed E-state index contributed by atoms with van der Waals surface area (Å²) in [6, 6.07) is 14.9. The van der Waals surface area contributed by atoms with Crippen molar-refractivity contribution < 1.29 is 9.59 Å². The monoisotopic (exact) mass is 436 g/mol. The fourth-order valence-corrected chi connectivity index (χ4v) is 4.90. The van der Waals surface area contributed by atoms with Crippen molar-refractivity contribution in [2.24, 2.45) is 11.8 Å². The van der Waals surface area contributed by atoms with Gasteiger partial charge >= 0.3 is 0 Å². The summed E-state index contributed by atoms with van der Waals surface area (Å²) >= 11 is 6.08. The number of halogens is 1. The van der Waals surface area contributed by atoms with Gasteiger partial charge in [-0.15, -0.1) is 0 Å². The standard InChI is InChI=1S/C26H29ClN2O2/c1-16(2)19-7-11-22(12-8-19)29-25(30)23(20-5-9-21(27)10-6-20)24(26(29)31)28-14-17(3)13-18(4)15-28/h5-12,16-18H,13-15H2,1-4H3. The number of carbonyl (C=O) groups is 2. The summed E-state index contributed by atoms with van der Waals surface area (Å²) in [5.74, 6) is 0.794. The van der Waals surface area contributed by atoms with Gasteiger partial charge in [0.05, 0.1) is 11.3 Å². The second kappa shape index (κ2) is 8.51. The summed E-state index contributed by atoms with van der Waals surface area (Å²) in [5, 5.41) is 0.601. The predicted octanol–water partition coefficient (Wildman–Crippen LogP) is 5.73. The van der Waals surface area contributed by atoms with Crippen LogP contribution in [0.25, 0.3) is 5.57 Å². The molecular weight excluding hydrogens is 408 g/mol. The topological polar surface area (TPSA) is 40.6 Å². The van der Waals surface area contributed by atoms with E-state index < -0.39 is 0 Å². The maximum absolute atomic E-state index is 13.7. The lowest BCUT2D eigenvalue weighted by Crippen LogP contribution is -2.42. The van der Waals surface area contributed by atoms with Gasteiger partial charge in [0.15, 0.2) is 0 Å². The van der Waals surface area contributed by atoms with E-state index in [1.54, 1.807) is 12.1 Å². The summed E-state index contributed by atoms with van der Waals surface area (Å²) in [5.41, 5.74) is 3.49. The molecule has 2 aliphatic rings. The first-order chi connectivity index (χ1) is 14.8. The first-order valence-corrected chi connectivity index (χ1v) is 11.4. The third-order valence-corrected chi connectivity index (χ3v) is 6.45. The molecule has 0 radical (unpaired) electrons. The van der Waals surface area contributed by atoms with Crippen molar-refractivity contribution in [3.63, 3.8) is 0 Å². The molecule has 2 aromatic rings. The largest absolute Gasteiger partial charge is 0.366 e. The lowest BCUT2D eigenvalue weighted by atomic mass is 9.91. The zero-order chi connectivity index (χ0) is 22.3. The molecule has 2 aromatic carbocycles. The SMILES string of the molecule is CC1CC(C)CN(C2=C(c3ccc(Cl)cc3)C(=O)N(c3ccc(C(C)C)cc3)C2=O)C1. The molecular formula is C26H29ClN2O2. The van der Waals surface area contributed by atoms with Crippen molar-refractivity contribution >= 4 is 34.7 Å². The third kappa shape index (κ3) is 4.14. The highest BCUT2D eigenvalue weighted by atomic mass is 35.5. The fourth-order valence-electron chi connectivity index (χ4n) is 4.78. The van der Waals surface area contributed by atoms with E-state index in [1.807, 2.05) is 36.4 Å². The number of rotatable bonds is 4. The Morgan fingerprint density at radius 2 is 1.45 bits per heavy atom. The number of likely N-dealkylation sites (tertiary alicyclic amines) is 1. The number of imide groups is 1. The van der Waals surface area contributed by atoms with Crippen LogP contribution >= 0.6 is 11.6 Å². The number of benzene rings is 2. The number of piperidine rings is 1. The zero-order valence-electron chi connectivity index (χ0n) is 18.6. The molecule has 1 saturated heterocycles. The normalized spacial score (nSPS) is 22.1. The molecule has 0 bridgehead atoms. The molecule has 4 rings (SSSR count). The highest BCUT2D eigenvalue weighted by molar-refractivity contribution is 6.45. The Morgan fingerprint density at radius 3 is 2.00 bits per heavy atom. The van der Waals surface area contributed by atoms with E-state index in [0.717, 1.165) is 25.1 Å². The summed E-state index contributed by atoms with van der Waals surface area (Å²) in [7, 11) is 0. The minimum atomic E-state index is -0.273. The summed E-state index contributed by atoms with van der Waals surface area (Å²) in [6.07, 6.45) is 1.13. The molecule has 2 unspecified atom stereocenters. The van der Waals surface area contributed by atoms with Gasteiger partial charge in [-0.1, -0.05) is 63.6 Å². The molecule has 0 saturated carbocycles. The first-order valence-electron chi connectivity index (χ1n) is 11.0. The smallest absolute Gasteiger partial charge is 0.282 e. The Kier molecular flexibility index (Phi) is 5.94. The molecule has 0 aliphatic carbocycles. The lowest BCUT2D eigenvalue weighted by Gasteiger charge is -2.37. The minimum Gasteiger partial charge on any atom is -0.366 e. The van der Waals surface area contributed by atoms with Crippen molar-refractivity contribution in [2.75, 3.05) is 18.0 Å². The molecule has 31 heavy (non-hydrogen) atoms. The van der Waals surface area contributed by atoms with Crippen molar-refractivity contribution in [3.8, 4) is 0 Å². The minimum absolute atomic E-state index is 0.242. The average molecular weight is 437 g/mol. The van der Waals surface area contributed by atoms with E-state index >= 15 is 0 Å². The Bertz CT molecular complexity index is 1010. The van der Waals surface area contributed by atoms with Gasteiger partial charge in [0, 0.05) is 18.1 Å². The van der Waals surface area contributed by atoms with Crippen LogP contribution in [-0.4, -0.2) is 29.8 Å². The number of anilines is 1. The summed E-state index contributed by atoms with van der Waals surface area (Å²) in [6.45, 7) is 10.2. The maximum Gasteiger partial charge on any atom is 0.282 e. The molecule has 0 aromatic heterocycles. The van der Waals surface area contributed by atoms with Crippen LogP contribution in [0.5, 0.6) is 0 Å². The van der Waals surface area contributed by atoms with Crippen LogP contribution in [0.4, 0.5) is 5.69 Å². The second-order valence-electron chi connectivity index (χ2n) is 9.27. The van der Waals surface area contributed by atoms with Gasteiger partial charge in [-0.2, -0.15) is 0 Å². The number of carbonyl (C=O) groups excluding carboxylic acids is 2. The Labute approximate surface area is 189 Å². The van der Waals surface area contributed by atoms with Crippen LogP contribution in [0.15, 0.2) is 54.2 Å². The van der Waals surface area contributed by atoms with E-state index in [0.29, 0.717) is 39.7 Å². The molecule has 0 spiro atoms. The van der Waals surface area contributed by atoms with Gasteiger partial charge in [0.25, 0.3) is 11.8 Å². The highest BCUT2D eigenvalue weighted by Crippen LogP contribution is 2.37. The van der Waals surface area contributed by atoms with Crippen LogP contribution in [0, 0.1) is 11.8 Å². The molecule has 2 amide bonds. The second-order valence-corrected chi connectivity index (χ2v) is 9.71. The van der Waals surface area contributed by atoms with Gasteiger partial charge in [-0.3, -0.25) is 9.59 Å². The predicted molar refractivity (Wildman–Crippen MR) is 126 cm³/mol. The van der Waals surface area contributed by atoms with E-state index in [4.69, 9.17) is 11.6 Å². The lowest BCUT2D eigenvalue weighted by molar-refractivity contribution is -0.120. The van der Waals surface area contributed by atoms with Crippen molar-refractivity contribution in [1.29, 1.82) is 0 Å². The Balaban J connectivity index is 1.79. The van der Waals surface area contributed by atoms with Gasteiger partial charge < -0.3 is 4.90 Å². The van der Waals surface area contributed by atoms with Crippen molar-refractivity contribution in [3.05, 3.63) is 70.4 Å². The van der Waals surface area contributed by atoms with Crippen molar-refractivity contribution in [2.45, 2.75) is 40.0 Å². The molecule has 1 fully saturated rings. The number of hydrogen-bond donors (Lipinski definition) is 0. The van der Waals surface area contributed by atoms with Crippen molar-refractivity contribution in [1.82, 2.24) is 4.90 Å². The highest BCUT2D eigenvalue weighted by Gasteiger charge is 2.43. The molecule has 2 heterocycles. The first kappa shape index (κ1) is 21.6. The van der Waals surface area contributed by atoms with E-state index in [-0.39, 0.29) is 11.8 Å². The molecule has 5 heteroatoms. The van der Waals surface area contributed by atoms with E-state index in [2.05, 4.69) is 32.6 Å². The fraction of sp³-hybridized carbons (Fsp3) is 0.385. The number of amides is 2. The van der Waals surface area contributed by atoms with Crippen LogP contribution in [0.2, 0.25) is 5.02 Å². The maximum atomic E-state index is 13.7. The van der Waals surface area contributed by atoms with E-state index in [9.17, 15) is 9.59 Å². The Morgan fingerprint density at radius 1 is 0.871 bits per heavy atom. The summed E-state index contributed by atoms with van der Waals surface area (Å²) < 4.78 is 0. The molecule has 2 aliphatic heterocycles. The van der Waals surface area contributed by atoms with Gasteiger partial charge in [-0.25, -0.2) is 4.90 Å². The van der Waals surface area contributed by atoms with Crippen LogP contribution in [0.3, 0.4) is 0 Å². The van der Waals surface area contributed by atoms with E-state index in [1.165, 1.54) is 10.5 Å². The number of hydrogen-bond acceptors (Lipinski definition) is 3. The van der Waals surface area contributed by atoms with Gasteiger partial charge in [0.2, 0.25) is 0 Å². The zero-order valence-corrected chi connectivity index (χ0v) is 19.3. The molecule has 2 atom stereocenters. The van der Waals surface area contributed by atoms with Gasteiger partial charge in [-0.05, 0) is 59.6 Å². The summed E-state index contributed by atoms with van der Waals surface area (Å²) in [4.78, 5) is 30.7.